The summed E-state index contributed by atoms with van der Waals surface area (Å²) in [4.78, 5) is 25.5. The van der Waals surface area contributed by atoms with Crippen molar-refractivity contribution in [3.05, 3.63) is 59.2 Å². The molecule has 2 aromatic rings. The molecular weight excluding hydrogens is 360 g/mol. The minimum Gasteiger partial charge on any atom is -0.481 e. The first-order valence-electron chi connectivity index (χ1n) is 8.31. The van der Waals surface area contributed by atoms with Gasteiger partial charge in [0.1, 0.15) is 17.2 Å². The summed E-state index contributed by atoms with van der Waals surface area (Å²) < 4.78 is 38.5. The van der Waals surface area contributed by atoms with Gasteiger partial charge in [-0.15, -0.1) is 0 Å². The van der Waals surface area contributed by atoms with Crippen LogP contribution in [0.15, 0.2) is 36.4 Å². The third-order valence-electron chi connectivity index (χ3n) is 4.93. The molecule has 0 radical (unpaired) electrons. The Morgan fingerprint density at radius 3 is 2.44 bits per heavy atom. The van der Waals surface area contributed by atoms with Gasteiger partial charge in [-0.1, -0.05) is 12.1 Å². The molecule has 140 valence electrons. The Labute approximate surface area is 152 Å². The molecular formula is C19H15F2NO5. The predicted molar refractivity (Wildman–Crippen MR) is 88.7 cm³/mol. The number of amides is 1. The van der Waals surface area contributed by atoms with Crippen molar-refractivity contribution < 1.29 is 33.0 Å². The van der Waals surface area contributed by atoms with Crippen molar-refractivity contribution in [3.63, 3.8) is 0 Å². The maximum absolute atomic E-state index is 13.9. The van der Waals surface area contributed by atoms with Gasteiger partial charge in [0.25, 0.3) is 5.91 Å². The topological polar surface area (TPSA) is 76.1 Å². The number of likely N-dealkylation sites (tertiary alicyclic amines) is 1. The van der Waals surface area contributed by atoms with Crippen molar-refractivity contribution in [3.8, 4) is 11.5 Å². The third kappa shape index (κ3) is 2.97. The largest absolute Gasteiger partial charge is 0.481 e. The zero-order chi connectivity index (χ0) is 19.1. The summed E-state index contributed by atoms with van der Waals surface area (Å²) in [5.74, 6) is -4.26. The van der Waals surface area contributed by atoms with Crippen LogP contribution in [0.1, 0.15) is 21.8 Å². The molecule has 4 rings (SSSR count). The van der Waals surface area contributed by atoms with Crippen LogP contribution in [0.4, 0.5) is 8.78 Å². The number of hydrogen-bond acceptors (Lipinski definition) is 4. The Kier molecular flexibility index (Phi) is 4.18. The minimum absolute atomic E-state index is 0.0310. The van der Waals surface area contributed by atoms with Gasteiger partial charge in [-0.2, -0.15) is 0 Å². The van der Waals surface area contributed by atoms with Crippen LogP contribution in [-0.4, -0.2) is 41.8 Å². The normalized spacial score (nSPS) is 20.7. The number of rotatable bonds is 3. The molecule has 2 aromatic carbocycles. The van der Waals surface area contributed by atoms with Crippen LogP contribution in [0.2, 0.25) is 0 Å². The monoisotopic (exact) mass is 375 g/mol. The lowest BCUT2D eigenvalue weighted by Gasteiger charge is -2.17. The fourth-order valence-electron chi connectivity index (χ4n) is 3.56. The first-order valence-corrected chi connectivity index (χ1v) is 8.31. The number of hydrogen-bond donors (Lipinski definition) is 1. The van der Waals surface area contributed by atoms with Gasteiger partial charge in [-0.3, -0.25) is 9.59 Å². The second-order valence-corrected chi connectivity index (χ2v) is 6.47. The molecule has 2 aliphatic rings. The Hall–Kier alpha value is -3.16. The van der Waals surface area contributed by atoms with Crippen molar-refractivity contribution in [2.75, 3.05) is 19.9 Å². The lowest BCUT2D eigenvalue weighted by Crippen LogP contribution is -2.31. The van der Waals surface area contributed by atoms with E-state index in [1.165, 1.54) is 11.0 Å². The van der Waals surface area contributed by atoms with E-state index in [2.05, 4.69) is 0 Å². The van der Waals surface area contributed by atoms with Crippen LogP contribution >= 0.6 is 0 Å². The lowest BCUT2D eigenvalue weighted by atomic mass is 9.89. The molecule has 0 aliphatic carbocycles. The first-order chi connectivity index (χ1) is 13.0. The molecule has 0 bridgehead atoms. The number of aliphatic carboxylic acids is 1. The summed E-state index contributed by atoms with van der Waals surface area (Å²) in [5.41, 5.74) is -0.0102. The highest BCUT2D eigenvalue weighted by Crippen LogP contribution is 2.39. The number of carboxylic acids is 1. The molecule has 1 N–H and O–H groups in total. The Bertz CT molecular complexity index is 912. The van der Waals surface area contributed by atoms with Crippen molar-refractivity contribution >= 4 is 11.9 Å². The number of halogens is 2. The molecule has 0 aromatic heterocycles. The quantitative estimate of drug-likeness (QED) is 0.893. The molecule has 1 saturated heterocycles. The molecule has 27 heavy (non-hydrogen) atoms. The number of carbonyl (C=O) groups excluding carboxylic acids is 1. The summed E-state index contributed by atoms with van der Waals surface area (Å²) in [7, 11) is 0. The smallest absolute Gasteiger partial charge is 0.308 e. The van der Waals surface area contributed by atoms with Crippen molar-refractivity contribution in [1.29, 1.82) is 0 Å². The number of carboxylic acid groups (broad SMARTS) is 1. The van der Waals surface area contributed by atoms with Gasteiger partial charge in [0.05, 0.1) is 5.92 Å². The third-order valence-corrected chi connectivity index (χ3v) is 4.93. The molecule has 6 nitrogen and oxygen atoms in total. The van der Waals surface area contributed by atoms with Crippen LogP contribution in [-0.2, 0) is 4.79 Å². The standard InChI is InChI=1S/C19H15F2NO5/c20-13-2-1-3-14(21)17(13)18(23)22-7-11(12(8-22)19(24)25)10-4-5-15-16(6-10)27-9-26-15/h1-6,11-12H,7-9H2,(H,24,25)/t11-,12+/m0/s1. The molecule has 1 fully saturated rings. The molecule has 0 saturated carbocycles. The Balaban J connectivity index is 1.64. The number of ether oxygens (including phenoxy) is 2. The highest BCUT2D eigenvalue weighted by atomic mass is 19.1. The van der Waals surface area contributed by atoms with Crippen LogP contribution in [0.25, 0.3) is 0 Å². The Morgan fingerprint density at radius 2 is 1.74 bits per heavy atom. The van der Waals surface area contributed by atoms with E-state index < -0.39 is 40.9 Å². The maximum Gasteiger partial charge on any atom is 0.308 e. The van der Waals surface area contributed by atoms with Crippen molar-refractivity contribution in [1.82, 2.24) is 4.90 Å². The molecule has 8 heteroatoms. The predicted octanol–water partition coefficient (Wildman–Crippen LogP) is 2.63. The van der Waals surface area contributed by atoms with E-state index in [0.29, 0.717) is 17.1 Å². The van der Waals surface area contributed by atoms with Gasteiger partial charge in [0.15, 0.2) is 11.5 Å². The highest BCUT2D eigenvalue weighted by molar-refractivity contribution is 5.95. The fourth-order valence-corrected chi connectivity index (χ4v) is 3.56. The van der Waals surface area contributed by atoms with E-state index in [-0.39, 0.29) is 19.9 Å². The number of fused-ring (bicyclic) bond motifs is 1. The van der Waals surface area contributed by atoms with Gasteiger partial charge in [0, 0.05) is 19.0 Å². The van der Waals surface area contributed by atoms with E-state index in [9.17, 15) is 23.5 Å². The van der Waals surface area contributed by atoms with E-state index in [1.54, 1.807) is 18.2 Å². The molecule has 2 aliphatic heterocycles. The zero-order valence-corrected chi connectivity index (χ0v) is 14.0. The summed E-state index contributed by atoms with van der Waals surface area (Å²) in [6.07, 6.45) is 0. The van der Waals surface area contributed by atoms with E-state index in [0.717, 1.165) is 12.1 Å². The van der Waals surface area contributed by atoms with Gasteiger partial charge in [-0.25, -0.2) is 8.78 Å². The van der Waals surface area contributed by atoms with Gasteiger partial charge in [0.2, 0.25) is 6.79 Å². The fraction of sp³-hybridized carbons (Fsp3) is 0.263. The molecule has 2 atom stereocenters. The van der Waals surface area contributed by atoms with E-state index in [1.807, 2.05) is 0 Å². The summed E-state index contributed by atoms with van der Waals surface area (Å²) in [6.45, 7) is -0.0206. The summed E-state index contributed by atoms with van der Waals surface area (Å²) in [5, 5.41) is 9.58. The second-order valence-electron chi connectivity index (χ2n) is 6.47. The van der Waals surface area contributed by atoms with Crippen molar-refractivity contribution in [2.24, 2.45) is 5.92 Å². The average molecular weight is 375 g/mol. The van der Waals surface area contributed by atoms with Crippen LogP contribution in [0.3, 0.4) is 0 Å². The average Bonchev–Trinajstić information content (AvgIpc) is 3.27. The SMILES string of the molecule is O=C(O)[C@@H]1CN(C(=O)c2c(F)cccc2F)C[C@H]1c1ccc2c(c1)OCO2. The first kappa shape index (κ1) is 17.3. The molecule has 1 amide bonds. The highest BCUT2D eigenvalue weighted by Gasteiger charge is 2.42. The zero-order valence-electron chi connectivity index (χ0n) is 14.0. The van der Waals surface area contributed by atoms with Crippen LogP contribution in [0.5, 0.6) is 11.5 Å². The maximum atomic E-state index is 13.9. The second kappa shape index (κ2) is 6.53. The van der Waals surface area contributed by atoms with Crippen molar-refractivity contribution in [2.45, 2.75) is 5.92 Å². The van der Waals surface area contributed by atoms with Gasteiger partial charge >= 0.3 is 5.97 Å². The number of nitrogens with zero attached hydrogens (tertiary/aromatic N) is 1. The molecule has 2 heterocycles. The van der Waals surface area contributed by atoms with Gasteiger partial charge < -0.3 is 19.5 Å². The van der Waals surface area contributed by atoms with E-state index >= 15 is 0 Å². The number of benzene rings is 2. The molecule has 0 spiro atoms. The Morgan fingerprint density at radius 1 is 1.04 bits per heavy atom. The summed E-state index contributed by atoms with van der Waals surface area (Å²) in [6, 6.07) is 8.23. The van der Waals surface area contributed by atoms with Crippen LogP contribution < -0.4 is 9.47 Å². The summed E-state index contributed by atoms with van der Waals surface area (Å²) >= 11 is 0. The minimum atomic E-state index is -1.08. The van der Waals surface area contributed by atoms with Crippen LogP contribution in [0, 0.1) is 17.6 Å². The molecule has 0 unspecified atom stereocenters. The number of carbonyl (C=O) groups is 2. The lowest BCUT2D eigenvalue weighted by molar-refractivity contribution is -0.141. The van der Waals surface area contributed by atoms with Gasteiger partial charge in [-0.05, 0) is 29.8 Å². The van der Waals surface area contributed by atoms with E-state index in [4.69, 9.17) is 9.47 Å².